The van der Waals surface area contributed by atoms with E-state index in [1.165, 1.54) is 6.07 Å². The summed E-state index contributed by atoms with van der Waals surface area (Å²) in [4.78, 5) is 35.5. The number of benzene rings is 1. The monoisotopic (exact) mass is 329 g/mol. The highest BCUT2D eigenvalue weighted by atomic mass is 16.6. The average molecular weight is 329 g/mol. The molecule has 0 unspecified atom stereocenters. The molecule has 9 nitrogen and oxygen atoms in total. The lowest BCUT2D eigenvalue weighted by Crippen LogP contribution is -2.38. The first kappa shape index (κ1) is 15.8. The van der Waals surface area contributed by atoms with E-state index in [0.29, 0.717) is 17.0 Å². The van der Waals surface area contributed by atoms with Gasteiger partial charge in [0.1, 0.15) is 0 Å². The van der Waals surface area contributed by atoms with Crippen molar-refractivity contribution in [3.05, 3.63) is 39.9 Å². The first-order valence-electron chi connectivity index (χ1n) is 7.33. The van der Waals surface area contributed by atoms with Crippen molar-refractivity contribution in [3.63, 3.8) is 0 Å². The van der Waals surface area contributed by atoms with Crippen LogP contribution in [0.25, 0.3) is 0 Å². The Morgan fingerprint density at radius 1 is 1.04 bits per heavy atom. The van der Waals surface area contributed by atoms with Crippen LogP contribution in [0.4, 0.5) is 5.69 Å². The van der Waals surface area contributed by atoms with Gasteiger partial charge in [-0.1, -0.05) is 18.2 Å². The third-order valence-electron chi connectivity index (χ3n) is 4.36. The van der Waals surface area contributed by atoms with Gasteiger partial charge in [0.25, 0.3) is 5.69 Å². The molecule has 1 aromatic carbocycles. The molecule has 2 aliphatic rings. The zero-order chi connectivity index (χ0) is 17.4. The van der Waals surface area contributed by atoms with Gasteiger partial charge in [0.05, 0.1) is 16.8 Å². The molecule has 0 radical (unpaired) electrons. The third kappa shape index (κ3) is 2.43. The van der Waals surface area contributed by atoms with Gasteiger partial charge < -0.3 is 0 Å². The number of nitro benzene ring substituents is 1. The van der Waals surface area contributed by atoms with E-state index < -0.39 is 22.7 Å². The molecule has 2 N–H and O–H groups in total. The van der Waals surface area contributed by atoms with Crippen LogP contribution in [0.15, 0.2) is 34.5 Å². The summed E-state index contributed by atoms with van der Waals surface area (Å²) in [5.41, 5.74) is 5.90. The zero-order valence-corrected chi connectivity index (χ0v) is 13.0. The first-order valence-corrected chi connectivity index (χ1v) is 7.33. The highest BCUT2D eigenvalue weighted by molar-refractivity contribution is 6.12. The summed E-state index contributed by atoms with van der Waals surface area (Å²) in [5.74, 6) is -3.08. The summed E-state index contributed by atoms with van der Waals surface area (Å²) in [5, 5.41) is 19.3. The van der Waals surface area contributed by atoms with Crippen LogP contribution in [0.1, 0.15) is 25.3 Å². The maximum absolute atomic E-state index is 12.3. The maximum Gasteiger partial charge on any atom is 0.272 e. The predicted molar refractivity (Wildman–Crippen MR) is 85.3 cm³/mol. The van der Waals surface area contributed by atoms with Crippen LogP contribution in [-0.2, 0) is 9.59 Å². The summed E-state index contributed by atoms with van der Waals surface area (Å²) >= 11 is 0. The molecule has 0 saturated heterocycles. The number of rotatable bonds is 4. The Morgan fingerprint density at radius 2 is 1.54 bits per heavy atom. The minimum absolute atomic E-state index is 0.137. The molecule has 124 valence electrons. The molecule has 0 spiro atoms. The molecular formula is C15H15N5O4. The lowest BCUT2D eigenvalue weighted by atomic mass is 9.72. The van der Waals surface area contributed by atoms with E-state index in [2.05, 4.69) is 21.1 Å². The highest BCUT2D eigenvalue weighted by Gasteiger charge is 2.47. The van der Waals surface area contributed by atoms with Crippen LogP contribution in [0.2, 0.25) is 0 Å². The quantitative estimate of drug-likeness (QED) is 0.629. The number of nitrogens with one attached hydrogen (secondary N) is 2. The highest BCUT2D eigenvalue weighted by Crippen LogP contribution is 2.41. The van der Waals surface area contributed by atoms with E-state index in [1.807, 2.05) is 0 Å². The largest absolute Gasteiger partial charge is 0.272 e. The molecule has 2 amide bonds. The van der Waals surface area contributed by atoms with E-state index in [0.717, 1.165) is 0 Å². The second-order valence-electron chi connectivity index (χ2n) is 5.76. The number of nitrogens with zero attached hydrogens (tertiary/aromatic N) is 3. The van der Waals surface area contributed by atoms with Crippen molar-refractivity contribution in [1.82, 2.24) is 10.9 Å². The molecule has 0 fully saturated rings. The summed E-state index contributed by atoms with van der Waals surface area (Å²) in [7, 11) is 0. The van der Waals surface area contributed by atoms with Gasteiger partial charge in [0.2, 0.25) is 11.8 Å². The standard InChI is InChI=1S/C15H15N5O4/c1-7-11(14(21)18-16-7)13(12-8(2)17-19-15(12)22)9-5-3-4-6-10(9)20(23)24/h3-6,11-13H,1-2H3,(H,18,21)(H,19,22)/t11-,12-/m1/s1. The molecule has 0 bridgehead atoms. The minimum atomic E-state index is -0.773. The summed E-state index contributed by atoms with van der Waals surface area (Å²) in [6.45, 7) is 3.31. The Kier molecular flexibility index (Phi) is 3.84. The molecule has 0 saturated carbocycles. The van der Waals surface area contributed by atoms with Gasteiger partial charge in [-0.05, 0) is 13.8 Å². The second kappa shape index (κ2) is 5.84. The van der Waals surface area contributed by atoms with Crippen molar-refractivity contribution in [2.75, 3.05) is 0 Å². The van der Waals surface area contributed by atoms with Crippen LogP contribution in [0.3, 0.4) is 0 Å². The van der Waals surface area contributed by atoms with E-state index in [9.17, 15) is 19.7 Å². The van der Waals surface area contributed by atoms with Gasteiger partial charge in [0.15, 0.2) is 0 Å². The molecule has 3 rings (SSSR count). The number of hydrogen-bond donors (Lipinski definition) is 2. The summed E-state index contributed by atoms with van der Waals surface area (Å²) in [6.07, 6.45) is 0. The topological polar surface area (TPSA) is 126 Å². The summed E-state index contributed by atoms with van der Waals surface area (Å²) < 4.78 is 0. The van der Waals surface area contributed by atoms with Crippen LogP contribution in [0, 0.1) is 22.0 Å². The van der Waals surface area contributed by atoms with E-state index in [-0.39, 0.29) is 17.5 Å². The fraction of sp³-hybridized carbons (Fsp3) is 0.333. The van der Waals surface area contributed by atoms with Crippen molar-refractivity contribution in [3.8, 4) is 0 Å². The third-order valence-corrected chi connectivity index (χ3v) is 4.36. The van der Waals surface area contributed by atoms with E-state index >= 15 is 0 Å². The van der Waals surface area contributed by atoms with Gasteiger partial charge in [0, 0.05) is 29.0 Å². The number of hydrazone groups is 2. The van der Waals surface area contributed by atoms with Crippen molar-refractivity contribution in [2.24, 2.45) is 22.0 Å². The van der Waals surface area contributed by atoms with Crippen LogP contribution in [-0.4, -0.2) is 28.2 Å². The number of amides is 2. The van der Waals surface area contributed by atoms with Crippen molar-refractivity contribution in [2.45, 2.75) is 19.8 Å². The number of carbonyl (C=O) groups excluding carboxylic acids is 2. The lowest BCUT2D eigenvalue weighted by molar-refractivity contribution is -0.385. The predicted octanol–water partition coefficient (Wildman–Crippen LogP) is 0.922. The van der Waals surface area contributed by atoms with Crippen LogP contribution < -0.4 is 10.9 Å². The van der Waals surface area contributed by atoms with E-state index in [1.54, 1.807) is 32.0 Å². The minimum Gasteiger partial charge on any atom is -0.272 e. The molecular weight excluding hydrogens is 314 g/mol. The normalized spacial score (nSPS) is 23.0. The fourth-order valence-corrected chi connectivity index (χ4v) is 3.28. The number of para-hydroxylation sites is 1. The Balaban J connectivity index is 2.19. The smallest absolute Gasteiger partial charge is 0.272 e. The van der Waals surface area contributed by atoms with Crippen molar-refractivity contribution in [1.29, 1.82) is 0 Å². The van der Waals surface area contributed by atoms with Crippen molar-refractivity contribution >= 4 is 28.9 Å². The number of nitro groups is 1. The zero-order valence-electron chi connectivity index (χ0n) is 13.0. The molecule has 1 aromatic rings. The van der Waals surface area contributed by atoms with Crippen LogP contribution >= 0.6 is 0 Å². The van der Waals surface area contributed by atoms with E-state index in [4.69, 9.17) is 0 Å². The Morgan fingerprint density at radius 3 is 1.96 bits per heavy atom. The van der Waals surface area contributed by atoms with Crippen molar-refractivity contribution < 1.29 is 14.5 Å². The fourth-order valence-electron chi connectivity index (χ4n) is 3.28. The lowest BCUT2D eigenvalue weighted by Gasteiger charge is -2.26. The SMILES string of the molecule is CC1=NNC(=O)[C@H]1C(c1ccccc1[N+](=O)[O-])[C@@H]1C(=O)NN=C1C. The average Bonchev–Trinajstić information content (AvgIpc) is 3.05. The molecule has 2 aliphatic heterocycles. The number of hydrogen-bond acceptors (Lipinski definition) is 6. The number of carbonyl (C=O) groups is 2. The Bertz CT molecular complexity index is 763. The summed E-state index contributed by atoms with van der Waals surface area (Å²) in [6, 6.07) is 6.12. The second-order valence-corrected chi connectivity index (χ2v) is 5.76. The Labute approximate surface area is 137 Å². The maximum atomic E-state index is 12.3. The molecule has 2 atom stereocenters. The van der Waals surface area contributed by atoms with Gasteiger partial charge >= 0.3 is 0 Å². The van der Waals surface area contributed by atoms with Gasteiger partial charge in [-0.25, -0.2) is 10.9 Å². The van der Waals surface area contributed by atoms with Gasteiger partial charge in [-0.3, -0.25) is 19.7 Å². The van der Waals surface area contributed by atoms with Gasteiger partial charge in [-0.15, -0.1) is 0 Å². The molecule has 24 heavy (non-hydrogen) atoms. The molecule has 2 heterocycles. The molecule has 0 aromatic heterocycles. The van der Waals surface area contributed by atoms with Crippen LogP contribution in [0.5, 0.6) is 0 Å². The van der Waals surface area contributed by atoms with Gasteiger partial charge in [-0.2, -0.15) is 10.2 Å². The first-order chi connectivity index (χ1) is 11.4. The Hall–Kier alpha value is -3.10. The molecule has 0 aliphatic carbocycles. The molecule has 9 heteroatoms.